The molecule has 3 aromatic rings. The number of nitrogens with one attached hydrogen (secondary N) is 1. The first kappa shape index (κ1) is 27.9. The molecule has 13 heteroatoms. The minimum absolute atomic E-state index is 0.0630. The van der Waals surface area contributed by atoms with E-state index in [1.54, 1.807) is 18.3 Å². The van der Waals surface area contributed by atoms with Crippen LogP contribution in [0.4, 0.5) is 0 Å². The Morgan fingerprint density at radius 3 is 2.70 bits per heavy atom. The van der Waals surface area contributed by atoms with Gasteiger partial charge >= 0.3 is 0 Å². The molecule has 2 amide bonds. The van der Waals surface area contributed by atoms with Gasteiger partial charge in [0.25, 0.3) is 5.91 Å². The molecule has 2 aliphatic heterocycles. The standard InChI is InChI=1S/C27H29N5O6S2/c1-17(2)14-20(29-26(34)24-9-8-23(39-24)19-7-3-4-11-28-19)27(35)31-13-10-21-25(31)22(33)16-32(21)40(37,38)18-6-5-12-30(36)15-18/h3-9,11-12,15,17,20-21,25H,10,13-14,16H2,1-2H3,(H,29,34). The summed E-state index contributed by atoms with van der Waals surface area (Å²) < 4.78 is 28.1. The maximum Gasteiger partial charge on any atom is 0.262 e. The van der Waals surface area contributed by atoms with Gasteiger partial charge in [-0.2, -0.15) is 9.04 Å². The highest BCUT2D eigenvalue weighted by molar-refractivity contribution is 7.89. The number of amides is 2. The second-order valence-electron chi connectivity index (χ2n) is 10.3. The zero-order valence-electron chi connectivity index (χ0n) is 22.0. The van der Waals surface area contributed by atoms with Gasteiger partial charge in [0.15, 0.2) is 18.2 Å². The van der Waals surface area contributed by atoms with Crippen LogP contribution < -0.4 is 10.0 Å². The minimum Gasteiger partial charge on any atom is -0.619 e. The fraction of sp³-hybridized carbons (Fsp3) is 0.370. The number of carbonyl (C=O) groups excluding carboxylic acids is 3. The van der Waals surface area contributed by atoms with Gasteiger partial charge in [0.05, 0.1) is 28.0 Å². The number of hydrogen-bond donors (Lipinski definition) is 1. The predicted molar refractivity (Wildman–Crippen MR) is 146 cm³/mol. The van der Waals surface area contributed by atoms with Gasteiger partial charge in [0.2, 0.25) is 15.9 Å². The number of nitrogens with zero attached hydrogens (tertiary/aromatic N) is 4. The van der Waals surface area contributed by atoms with Gasteiger partial charge in [0, 0.05) is 18.8 Å². The number of carbonyl (C=O) groups is 3. The number of rotatable bonds is 8. The highest BCUT2D eigenvalue weighted by atomic mass is 32.2. The van der Waals surface area contributed by atoms with E-state index >= 15 is 0 Å². The van der Waals surface area contributed by atoms with E-state index in [0.717, 1.165) is 21.1 Å². The second kappa shape index (κ2) is 11.1. The quantitative estimate of drug-likeness (QED) is 0.315. The van der Waals surface area contributed by atoms with Crippen LogP contribution in [0.2, 0.25) is 0 Å². The van der Waals surface area contributed by atoms with Crippen molar-refractivity contribution in [2.24, 2.45) is 5.92 Å². The lowest BCUT2D eigenvalue weighted by Crippen LogP contribution is -2.52. The van der Waals surface area contributed by atoms with E-state index in [9.17, 15) is 28.0 Å². The van der Waals surface area contributed by atoms with Gasteiger partial charge < -0.3 is 15.4 Å². The molecule has 0 aliphatic carbocycles. The summed E-state index contributed by atoms with van der Waals surface area (Å²) in [6, 6.07) is 9.06. The van der Waals surface area contributed by atoms with Gasteiger partial charge in [-0.25, -0.2) is 8.42 Å². The molecule has 2 fully saturated rings. The number of sulfonamides is 1. The van der Waals surface area contributed by atoms with E-state index in [1.165, 1.54) is 34.6 Å². The van der Waals surface area contributed by atoms with Crippen LogP contribution in [0.3, 0.4) is 0 Å². The number of Topliss-reactive ketones (excluding diaryl/α,β-unsaturated/α-hetero) is 1. The summed E-state index contributed by atoms with van der Waals surface area (Å²) in [7, 11) is -4.13. The minimum atomic E-state index is -4.13. The van der Waals surface area contributed by atoms with Crippen LogP contribution in [0.5, 0.6) is 0 Å². The number of likely N-dealkylation sites (tertiary alicyclic amines) is 1. The molecule has 2 saturated heterocycles. The van der Waals surface area contributed by atoms with Gasteiger partial charge in [-0.3, -0.25) is 19.4 Å². The molecular weight excluding hydrogens is 554 g/mol. The van der Waals surface area contributed by atoms with Crippen molar-refractivity contribution in [3.05, 3.63) is 71.1 Å². The van der Waals surface area contributed by atoms with Crippen molar-refractivity contribution in [2.75, 3.05) is 13.1 Å². The average Bonchev–Trinajstić information content (AvgIpc) is 3.66. The van der Waals surface area contributed by atoms with Crippen molar-refractivity contribution in [3.63, 3.8) is 0 Å². The monoisotopic (exact) mass is 583 g/mol. The third kappa shape index (κ3) is 5.36. The summed E-state index contributed by atoms with van der Waals surface area (Å²) in [5, 5.41) is 14.5. The summed E-state index contributed by atoms with van der Waals surface area (Å²) in [6.45, 7) is 3.65. The van der Waals surface area contributed by atoms with Crippen LogP contribution >= 0.6 is 11.3 Å². The number of hydrogen-bond acceptors (Lipinski definition) is 8. The Hall–Kier alpha value is -3.68. The molecule has 40 heavy (non-hydrogen) atoms. The second-order valence-corrected chi connectivity index (χ2v) is 13.3. The summed E-state index contributed by atoms with van der Waals surface area (Å²) >= 11 is 1.27. The molecule has 0 bridgehead atoms. The predicted octanol–water partition coefficient (Wildman–Crippen LogP) is 1.83. The van der Waals surface area contributed by atoms with Crippen LogP contribution in [-0.2, 0) is 19.6 Å². The molecule has 5 heterocycles. The van der Waals surface area contributed by atoms with E-state index < -0.39 is 45.7 Å². The first-order valence-corrected chi connectivity index (χ1v) is 15.2. The molecule has 5 rings (SSSR count). The fourth-order valence-corrected chi connectivity index (χ4v) is 7.81. The Labute approximate surface area is 236 Å². The van der Waals surface area contributed by atoms with Crippen LogP contribution in [-0.4, -0.2) is 71.4 Å². The van der Waals surface area contributed by atoms with E-state index in [0.29, 0.717) is 16.0 Å². The molecule has 1 N–H and O–H groups in total. The lowest BCUT2D eigenvalue weighted by Gasteiger charge is -2.29. The topological polar surface area (TPSA) is 144 Å². The lowest BCUT2D eigenvalue weighted by atomic mass is 10.0. The molecule has 11 nitrogen and oxygen atoms in total. The number of thiophene rings is 1. The van der Waals surface area contributed by atoms with Crippen molar-refractivity contribution >= 4 is 39.0 Å². The number of ketones is 1. The van der Waals surface area contributed by atoms with E-state index in [-0.39, 0.29) is 30.3 Å². The molecular formula is C27H29N5O6S2. The van der Waals surface area contributed by atoms with Gasteiger partial charge in [-0.05, 0) is 49.1 Å². The van der Waals surface area contributed by atoms with Crippen molar-refractivity contribution in [3.8, 4) is 10.6 Å². The third-order valence-electron chi connectivity index (χ3n) is 7.07. The SMILES string of the molecule is CC(C)CC(NC(=O)c1ccc(-c2ccccn2)s1)C(=O)N1CCC2C1C(=O)CN2S(=O)(=O)c1ccc[n+]([O-])c1. The molecule has 0 saturated carbocycles. The largest absolute Gasteiger partial charge is 0.619 e. The van der Waals surface area contributed by atoms with Gasteiger partial charge in [-0.15, -0.1) is 11.3 Å². The maximum atomic E-state index is 13.8. The lowest BCUT2D eigenvalue weighted by molar-refractivity contribution is -0.607. The summed E-state index contributed by atoms with van der Waals surface area (Å²) in [5.74, 6) is -1.15. The number of aromatic nitrogens is 2. The van der Waals surface area contributed by atoms with Crippen molar-refractivity contribution in [2.45, 2.75) is 49.7 Å². The third-order valence-corrected chi connectivity index (χ3v) is 10.0. The van der Waals surface area contributed by atoms with E-state index in [1.807, 2.05) is 32.0 Å². The zero-order valence-corrected chi connectivity index (χ0v) is 23.6. The molecule has 0 radical (unpaired) electrons. The van der Waals surface area contributed by atoms with Crippen LogP contribution in [0.25, 0.3) is 10.6 Å². The Bertz CT molecular complexity index is 1540. The number of pyridine rings is 2. The fourth-order valence-electron chi connectivity index (χ4n) is 5.29. The summed E-state index contributed by atoms with van der Waals surface area (Å²) in [4.78, 5) is 46.8. The normalized spacial score (nSPS) is 20.1. The Kier molecular flexibility index (Phi) is 7.71. The Morgan fingerprint density at radius 2 is 2.00 bits per heavy atom. The first-order valence-electron chi connectivity index (χ1n) is 12.9. The molecule has 3 atom stereocenters. The molecule has 2 aliphatic rings. The number of fused-ring (bicyclic) bond motifs is 1. The highest BCUT2D eigenvalue weighted by Gasteiger charge is 2.54. The zero-order chi connectivity index (χ0) is 28.6. The van der Waals surface area contributed by atoms with Crippen LogP contribution in [0.15, 0.2) is 66.0 Å². The van der Waals surface area contributed by atoms with Crippen molar-refractivity contribution in [1.29, 1.82) is 0 Å². The summed E-state index contributed by atoms with van der Waals surface area (Å²) in [6.07, 6.45) is 4.41. The smallest absolute Gasteiger partial charge is 0.262 e. The Morgan fingerprint density at radius 1 is 1.20 bits per heavy atom. The maximum absolute atomic E-state index is 13.8. The van der Waals surface area contributed by atoms with E-state index in [4.69, 9.17) is 0 Å². The molecule has 3 aromatic heterocycles. The molecule has 3 unspecified atom stereocenters. The highest BCUT2D eigenvalue weighted by Crippen LogP contribution is 2.34. The molecule has 210 valence electrons. The van der Waals surface area contributed by atoms with Gasteiger partial charge in [0.1, 0.15) is 17.0 Å². The van der Waals surface area contributed by atoms with Crippen LogP contribution in [0, 0.1) is 11.1 Å². The van der Waals surface area contributed by atoms with Crippen molar-refractivity contribution in [1.82, 2.24) is 19.5 Å². The molecule has 0 spiro atoms. The van der Waals surface area contributed by atoms with Gasteiger partial charge in [-0.1, -0.05) is 19.9 Å². The van der Waals surface area contributed by atoms with Crippen LogP contribution in [0.1, 0.15) is 36.4 Å². The Balaban J connectivity index is 1.34. The van der Waals surface area contributed by atoms with E-state index in [2.05, 4.69) is 10.3 Å². The molecule has 0 aromatic carbocycles. The van der Waals surface area contributed by atoms with Crippen molar-refractivity contribution < 1.29 is 27.5 Å². The average molecular weight is 584 g/mol. The summed E-state index contributed by atoms with van der Waals surface area (Å²) in [5.41, 5.74) is 0.740. The first-order chi connectivity index (χ1) is 19.1.